The minimum absolute atomic E-state index is 0.0594. The topological polar surface area (TPSA) is 60.9 Å². The lowest BCUT2D eigenvalue weighted by molar-refractivity contribution is -0.144. The summed E-state index contributed by atoms with van der Waals surface area (Å²) in [6, 6.07) is -0.571. The van der Waals surface area contributed by atoms with E-state index < -0.39 is 12.0 Å². The van der Waals surface area contributed by atoms with Crippen molar-refractivity contribution in [3.63, 3.8) is 0 Å². The molecule has 0 aromatic carbocycles. The van der Waals surface area contributed by atoms with Crippen molar-refractivity contribution in [2.45, 2.75) is 51.5 Å². The van der Waals surface area contributed by atoms with Crippen molar-refractivity contribution < 1.29 is 14.7 Å². The van der Waals surface area contributed by atoms with Crippen LogP contribution >= 0.6 is 0 Å². The van der Waals surface area contributed by atoms with Gasteiger partial charge in [0.05, 0.1) is 6.54 Å². The van der Waals surface area contributed by atoms with E-state index in [-0.39, 0.29) is 12.5 Å². The van der Waals surface area contributed by atoms with E-state index in [9.17, 15) is 9.59 Å². The molecule has 1 aliphatic rings. The Morgan fingerprint density at radius 2 is 1.68 bits per heavy atom. The van der Waals surface area contributed by atoms with Gasteiger partial charge >= 0.3 is 5.97 Å². The van der Waals surface area contributed by atoms with Crippen molar-refractivity contribution in [1.29, 1.82) is 0 Å². The van der Waals surface area contributed by atoms with Crippen LogP contribution in [0, 0.1) is 0 Å². The Kier molecular flexibility index (Phi) is 6.84. The summed E-state index contributed by atoms with van der Waals surface area (Å²) in [5.74, 6) is -0.797. The van der Waals surface area contributed by atoms with Gasteiger partial charge in [-0.2, -0.15) is 0 Å². The number of amides is 1. The van der Waals surface area contributed by atoms with Crippen LogP contribution in [0.5, 0.6) is 0 Å². The van der Waals surface area contributed by atoms with Gasteiger partial charge in [-0.15, -0.1) is 0 Å². The number of carbonyl (C=O) groups excluding carboxylic acids is 1. The monoisotopic (exact) mass is 270 g/mol. The maximum absolute atomic E-state index is 12.2. The molecule has 1 atom stereocenters. The van der Waals surface area contributed by atoms with E-state index in [1.54, 1.807) is 11.9 Å². The first-order valence-electron chi connectivity index (χ1n) is 7.27. The molecule has 1 heterocycles. The first-order valence-corrected chi connectivity index (χ1v) is 7.27. The number of aliphatic carboxylic acids is 1. The number of carboxylic acid groups (broad SMARTS) is 1. The van der Waals surface area contributed by atoms with E-state index in [1.807, 2.05) is 11.8 Å². The van der Waals surface area contributed by atoms with Crippen LogP contribution in [0.2, 0.25) is 0 Å². The number of nitrogens with zero attached hydrogens (tertiary/aromatic N) is 2. The quantitative estimate of drug-likeness (QED) is 0.824. The second-order valence-corrected chi connectivity index (χ2v) is 5.33. The zero-order chi connectivity index (χ0) is 14.3. The van der Waals surface area contributed by atoms with Gasteiger partial charge in [-0.25, -0.2) is 0 Å². The number of hydrogen-bond donors (Lipinski definition) is 1. The molecule has 1 saturated heterocycles. The third-order valence-electron chi connectivity index (χ3n) is 3.80. The molecular formula is C14H26N2O3. The first-order chi connectivity index (χ1) is 9.06. The van der Waals surface area contributed by atoms with Crippen molar-refractivity contribution in [3.05, 3.63) is 0 Å². The fourth-order valence-electron chi connectivity index (χ4n) is 2.60. The minimum Gasteiger partial charge on any atom is -0.480 e. The molecule has 0 saturated carbocycles. The molecule has 0 radical (unpaired) electrons. The fourth-order valence-corrected chi connectivity index (χ4v) is 2.60. The van der Waals surface area contributed by atoms with Crippen molar-refractivity contribution >= 4 is 11.9 Å². The molecule has 5 nitrogen and oxygen atoms in total. The Bertz CT molecular complexity index is 299. The predicted molar refractivity (Wildman–Crippen MR) is 74.0 cm³/mol. The van der Waals surface area contributed by atoms with Gasteiger partial charge in [-0.05, 0) is 26.3 Å². The highest BCUT2D eigenvalue weighted by Gasteiger charge is 2.24. The van der Waals surface area contributed by atoms with Gasteiger partial charge in [-0.3, -0.25) is 14.5 Å². The molecule has 1 amide bonds. The maximum atomic E-state index is 12.2. The third kappa shape index (κ3) is 5.19. The van der Waals surface area contributed by atoms with E-state index in [0.29, 0.717) is 6.42 Å². The molecule has 1 fully saturated rings. The Labute approximate surface area is 115 Å². The molecule has 1 N–H and O–H groups in total. The Morgan fingerprint density at radius 3 is 2.16 bits per heavy atom. The largest absolute Gasteiger partial charge is 0.480 e. The standard InChI is InChI=1S/C14H26N2O3/c1-3-12(14(18)19)15(2)11-13(17)16-9-7-5-4-6-8-10-16/h12H,3-11H2,1-2H3,(H,18,19). The molecule has 1 aliphatic heterocycles. The average Bonchev–Trinajstić information content (AvgIpc) is 2.28. The molecule has 1 rings (SSSR count). The summed E-state index contributed by atoms with van der Waals surface area (Å²) in [7, 11) is 1.71. The van der Waals surface area contributed by atoms with Crippen molar-refractivity contribution in [2.24, 2.45) is 0 Å². The van der Waals surface area contributed by atoms with Gasteiger partial charge in [0.25, 0.3) is 0 Å². The highest BCUT2D eigenvalue weighted by atomic mass is 16.4. The lowest BCUT2D eigenvalue weighted by Crippen LogP contribution is -2.46. The summed E-state index contributed by atoms with van der Waals surface area (Å²) in [5.41, 5.74) is 0. The zero-order valence-electron chi connectivity index (χ0n) is 12.1. The van der Waals surface area contributed by atoms with Gasteiger partial charge in [0.15, 0.2) is 0 Å². The number of likely N-dealkylation sites (N-methyl/N-ethyl adjacent to an activating group) is 1. The second kappa shape index (κ2) is 8.15. The predicted octanol–water partition coefficient (Wildman–Crippen LogP) is 1.57. The Balaban J connectivity index is 2.49. The molecule has 19 heavy (non-hydrogen) atoms. The lowest BCUT2D eigenvalue weighted by atomic mass is 10.1. The fraction of sp³-hybridized carbons (Fsp3) is 0.857. The van der Waals surface area contributed by atoms with Gasteiger partial charge in [0.2, 0.25) is 5.91 Å². The number of hydrogen-bond acceptors (Lipinski definition) is 3. The van der Waals surface area contributed by atoms with Crippen LogP contribution in [-0.4, -0.2) is 59.5 Å². The van der Waals surface area contributed by atoms with Gasteiger partial charge in [0, 0.05) is 13.1 Å². The van der Waals surface area contributed by atoms with Crippen LogP contribution in [0.1, 0.15) is 45.4 Å². The van der Waals surface area contributed by atoms with E-state index >= 15 is 0 Å². The summed E-state index contributed by atoms with van der Waals surface area (Å²) in [5, 5.41) is 9.08. The van der Waals surface area contributed by atoms with Crippen molar-refractivity contribution in [1.82, 2.24) is 9.80 Å². The number of rotatable bonds is 5. The van der Waals surface area contributed by atoms with Crippen molar-refractivity contribution in [3.8, 4) is 0 Å². The molecule has 0 bridgehead atoms. The van der Waals surface area contributed by atoms with Gasteiger partial charge in [-0.1, -0.05) is 26.2 Å². The molecule has 110 valence electrons. The summed E-state index contributed by atoms with van der Waals surface area (Å²) in [6.45, 7) is 3.66. The molecule has 0 aromatic heterocycles. The van der Waals surface area contributed by atoms with Crippen LogP contribution < -0.4 is 0 Å². The smallest absolute Gasteiger partial charge is 0.320 e. The van der Waals surface area contributed by atoms with Crippen LogP contribution in [0.15, 0.2) is 0 Å². The number of carboxylic acids is 1. The Morgan fingerprint density at radius 1 is 1.16 bits per heavy atom. The molecule has 0 aromatic rings. The zero-order valence-corrected chi connectivity index (χ0v) is 12.1. The Hall–Kier alpha value is -1.10. The lowest BCUT2D eigenvalue weighted by Gasteiger charge is -2.29. The summed E-state index contributed by atoms with van der Waals surface area (Å²) in [6.07, 6.45) is 6.27. The highest BCUT2D eigenvalue weighted by Crippen LogP contribution is 2.11. The SMILES string of the molecule is CCC(C(=O)O)N(C)CC(=O)N1CCCCCCC1. The van der Waals surface area contributed by atoms with Crippen LogP contribution in [-0.2, 0) is 9.59 Å². The highest BCUT2D eigenvalue weighted by molar-refractivity contribution is 5.80. The van der Waals surface area contributed by atoms with Gasteiger partial charge in [0.1, 0.15) is 6.04 Å². The molecule has 0 aliphatic carbocycles. The van der Waals surface area contributed by atoms with Crippen LogP contribution in [0.4, 0.5) is 0 Å². The summed E-state index contributed by atoms with van der Waals surface area (Å²) in [4.78, 5) is 26.8. The van der Waals surface area contributed by atoms with E-state index in [2.05, 4.69) is 0 Å². The maximum Gasteiger partial charge on any atom is 0.320 e. The van der Waals surface area contributed by atoms with Crippen molar-refractivity contribution in [2.75, 3.05) is 26.7 Å². The summed E-state index contributed by atoms with van der Waals surface area (Å²) < 4.78 is 0. The summed E-state index contributed by atoms with van der Waals surface area (Å²) >= 11 is 0. The van der Waals surface area contributed by atoms with E-state index in [1.165, 1.54) is 19.3 Å². The molecular weight excluding hydrogens is 244 g/mol. The normalized spacial score (nSPS) is 18.8. The first kappa shape index (κ1) is 16.0. The molecule has 1 unspecified atom stereocenters. The third-order valence-corrected chi connectivity index (χ3v) is 3.80. The van der Waals surface area contributed by atoms with E-state index in [4.69, 9.17) is 5.11 Å². The van der Waals surface area contributed by atoms with Gasteiger partial charge < -0.3 is 10.0 Å². The van der Waals surface area contributed by atoms with E-state index in [0.717, 1.165) is 25.9 Å². The number of carbonyl (C=O) groups is 2. The molecule has 0 spiro atoms. The second-order valence-electron chi connectivity index (χ2n) is 5.33. The van der Waals surface area contributed by atoms with Crippen LogP contribution in [0.25, 0.3) is 0 Å². The molecule has 5 heteroatoms. The number of likely N-dealkylation sites (tertiary alicyclic amines) is 1. The minimum atomic E-state index is -0.856. The average molecular weight is 270 g/mol. The van der Waals surface area contributed by atoms with Crippen LogP contribution in [0.3, 0.4) is 0 Å².